The highest BCUT2D eigenvalue weighted by Crippen LogP contribution is 2.53. The van der Waals surface area contributed by atoms with Gasteiger partial charge in [0.15, 0.2) is 0 Å². The third-order valence-corrected chi connectivity index (χ3v) is 15.5. The van der Waals surface area contributed by atoms with E-state index < -0.39 is 18.1 Å². The molecule has 344 valence electrons. The van der Waals surface area contributed by atoms with Gasteiger partial charge in [-0.3, -0.25) is 0 Å². The standard InChI is InChI=1S/C67H52BN3O/c1-66(2,3)45-37-61-65-62(38-45)71(49-33-35-52-51-25-15-17-27-55(51)67(4,5)56(52)39-49)60-42-64-54(53-26-16-18-28-63(53)72-64)41-58(60)68(65)57-36-34-50(69(46-21-11-7-12-22-46)47-23-13-8-14-24-47)40-59(57)70(61)48-31-29-44(30-32-48)43-19-9-6-10-20-43/h6-42H,1-5H3/i7D,11D,12D,21D,22D. The Kier molecular flexibility index (Phi) is 8.15. The molecule has 0 amide bonds. The maximum Gasteiger partial charge on any atom is 0.252 e. The van der Waals surface area contributed by atoms with Crippen LogP contribution >= 0.6 is 0 Å². The van der Waals surface area contributed by atoms with Crippen LogP contribution in [0.5, 0.6) is 0 Å². The zero-order valence-corrected chi connectivity index (χ0v) is 40.8. The molecule has 11 aromatic rings. The van der Waals surface area contributed by atoms with Gasteiger partial charge in [0.25, 0.3) is 6.71 Å². The molecule has 3 aliphatic rings. The van der Waals surface area contributed by atoms with E-state index in [2.05, 4.69) is 190 Å². The van der Waals surface area contributed by atoms with E-state index in [1.807, 2.05) is 53.4 Å². The molecule has 0 unspecified atom stereocenters. The minimum absolute atomic E-state index is 0.0722. The van der Waals surface area contributed by atoms with Gasteiger partial charge in [0.2, 0.25) is 0 Å². The number of anilines is 9. The number of para-hydroxylation sites is 3. The van der Waals surface area contributed by atoms with Crippen molar-refractivity contribution in [1.82, 2.24) is 0 Å². The van der Waals surface area contributed by atoms with Crippen LogP contribution in [0.1, 0.15) is 58.2 Å². The number of benzene rings is 10. The summed E-state index contributed by atoms with van der Waals surface area (Å²) in [6, 6.07) is 66.9. The van der Waals surface area contributed by atoms with Crippen LogP contribution in [-0.4, -0.2) is 6.71 Å². The third-order valence-electron chi connectivity index (χ3n) is 15.5. The molecule has 72 heavy (non-hydrogen) atoms. The summed E-state index contributed by atoms with van der Waals surface area (Å²) < 4.78 is 51.7. The Labute approximate surface area is 429 Å². The van der Waals surface area contributed by atoms with Gasteiger partial charge in [-0.05, 0) is 140 Å². The Bertz CT molecular complexity index is 4240. The monoisotopic (exact) mass is 930 g/mol. The van der Waals surface area contributed by atoms with Gasteiger partial charge in [0, 0.05) is 73.4 Å². The summed E-state index contributed by atoms with van der Waals surface area (Å²) in [5.74, 6) is 0. The molecule has 3 heterocycles. The van der Waals surface area contributed by atoms with Gasteiger partial charge in [-0.2, -0.15) is 0 Å². The fourth-order valence-corrected chi connectivity index (χ4v) is 11.9. The van der Waals surface area contributed by atoms with Crippen LogP contribution in [0.3, 0.4) is 0 Å². The van der Waals surface area contributed by atoms with Crippen molar-refractivity contribution < 1.29 is 11.3 Å². The summed E-state index contributed by atoms with van der Waals surface area (Å²) in [7, 11) is 0. The fourth-order valence-electron chi connectivity index (χ4n) is 11.9. The molecule has 0 N–H and O–H groups in total. The number of hydrogen-bond acceptors (Lipinski definition) is 4. The molecule has 0 saturated heterocycles. The van der Waals surface area contributed by atoms with Crippen molar-refractivity contribution in [2.75, 3.05) is 14.7 Å². The van der Waals surface area contributed by atoms with Gasteiger partial charge in [-0.25, -0.2) is 0 Å². The van der Waals surface area contributed by atoms with E-state index >= 15 is 0 Å². The lowest BCUT2D eigenvalue weighted by molar-refractivity contribution is 0.590. The summed E-state index contributed by atoms with van der Waals surface area (Å²) in [5.41, 5.74) is 20.4. The highest BCUT2D eigenvalue weighted by atomic mass is 16.3. The van der Waals surface area contributed by atoms with Crippen molar-refractivity contribution in [3.8, 4) is 22.3 Å². The number of rotatable bonds is 6. The quantitative estimate of drug-likeness (QED) is 0.155. The minimum atomic E-state index is -0.437. The average Bonchev–Trinajstić information content (AvgIpc) is 4.11. The van der Waals surface area contributed by atoms with Gasteiger partial charge in [0.1, 0.15) is 11.2 Å². The normalized spacial score (nSPS) is 14.9. The van der Waals surface area contributed by atoms with E-state index in [1.54, 1.807) is 0 Å². The van der Waals surface area contributed by atoms with Gasteiger partial charge in [0.05, 0.1) is 6.85 Å². The molecular formula is C67H52BN3O. The van der Waals surface area contributed by atoms with E-state index in [9.17, 15) is 2.74 Å². The van der Waals surface area contributed by atoms with Crippen molar-refractivity contribution in [3.05, 3.63) is 241 Å². The first-order chi connectivity index (χ1) is 37.2. The Morgan fingerprint density at radius 3 is 1.89 bits per heavy atom. The van der Waals surface area contributed by atoms with Crippen LogP contribution in [0, 0.1) is 0 Å². The lowest BCUT2D eigenvalue weighted by atomic mass is 9.33. The van der Waals surface area contributed by atoms with Gasteiger partial charge in [-0.1, -0.05) is 174 Å². The predicted molar refractivity (Wildman–Crippen MR) is 304 cm³/mol. The number of furan rings is 1. The zero-order valence-electron chi connectivity index (χ0n) is 45.8. The molecule has 0 atom stereocenters. The fraction of sp³-hybridized carbons (Fsp3) is 0.104. The van der Waals surface area contributed by atoms with Crippen molar-refractivity contribution in [1.29, 1.82) is 0 Å². The first kappa shape index (κ1) is 37.3. The largest absolute Gasteiger partial charge is 0.456 e. The smallest absolute Gasteiger partial charge is 0.252 e. The Morgan fingerprint density at radius 1 is 0.486 bits per heavy atom. The lowest BCUT2D eigenvalue weighted by Crippen LogP contribution is -2.61. The zero-order chi connectivity index (χ0) is 52.8. The number of fused-ring (bicyclic) bond motifs is 10. The summed E-state index contributed by atoms with van der Waals surface area (Å²) in [6.45, 7) is 11.2. The first-order valence-electron chi connectivity index (χ1n) is 27.4. The number of nitrogens with zero attached hydrogens (tertiary/aromatic N) is 3. The topological polar surface area (TPSA) is 22.9 Å². The van der Waals surface area contributed by atoms with Crippen LogP contribution in [0.4, 0.5) is 51.2 Å². The van der Waals surface area contributed by atoms with Crippen LogP contribution in [0.2, 0.25) is 0 Å². The van der Waals surface area contributed by atoms with E-state index in [0.717, 1.165) is 83.7 Å². The van der Waals surface area contributed by atoms with Crippen molar-refractivity contribution in [2.45, 2.75) is 45.4 Å². The average molecular weight is 931 g/mol. The first-order valence-corrected chi connectivity index (χ1v) is 24.9. The van der Waals surface area contributed by atoms with Crippen LogP contribution < -0.4 is 31.1 Å². The summed E-state index contributed by atoms with van der Waals surface area (Å²) in [4.78, 5) is 6.69. The predicted octanol–water partition coefficient (Wildman–Crippen LogP) is 16.4. The Morgan fingerprint density at radius 2 is 1.12 bits per heavy atom. The second kappa shape index (κ2) is 15.7. The van der Waals surface area contributed by atoms with Gasteiger partial charge in [-0.15, -0.1) is 0 Å². The van der Waals surface area contributed by atoms with Gasteiger partial charge < -0.3 is 19.1 Å². The second-order valence-corrected chi connectivity index (χ2v) is 21.0. The molecule has 10 aromatic carbocycles. The minimum Gasteiger partial charge on any atom is -0.456 e. The van der Waals surface area contributed by atoms with E-state index in [4.69, 9.17) is 8.53 Å². The molecular weight excluding hydrogens is 874 g/mol. The SMILES string of the molecule is [2H]c1c([2H])c([2H])c(N(c2ccccc2)c2ccc3c(c2)N(c2ccc(-c4ccccc4)cc2)c2cc(C(C)(C)C)cc4c2B3c2cc3c(cc2N4c2ccc4c(c2)C(C)(C)c2ccccc2-4)oc2ccccc23)c([2H])c1[2H]. The highest BCUT2D eigenvalue weighted by molar-refractivity contribution is 7.00. The van der Waals surface area contributed by atoms with Crippen LogP contribution in [-0.2, 0) is 10.8 Å². The molecule has 2 aliphatic heterocycles. The second-order valence-electron chi connectivity index (χ2n) is 21.0. The molecule has 14 rings (SSSR count). The van der Waals surface area contributed by atoms with Crippen LogP contribution in [0.25, 0.3) is 44.2 Å². The third kappa shape index (κ3) is 6.39. The maximum absolute atomic E-state index is 9.33. The summed E-state index contributed by atoms with van der Waals surface area (Å²) >= 11 is 0. The molecule has 5 heteroatoms. The van der Waals surface area contributed by atoms with Crippen molar-refractivity contribution >= 4 is 96.2 Å². The Balaban J connectivity index is 1.08. The molecule has 0 bridgehead atoms. The Hall–Kier alpha value is -8.54. The van der Waals surface area contributed by atoms with E-state index in [1.165, 1.54) is 27.7 Å². The molecule has 0 spiro atoms. The summed E-state index contributed by atoms with van der Waals surface area (Å²) in [6.07, 6.45) is 0. The van der Waals surface area contributed by atoms with Crippen molar-refractivity contribution in [3.63, 3.8) is 0 Å². The van der Waals surface area contributed by atoms with E-state index in [0.29, 0.717) is 11.4 Å². The molecule has 1 aliphatic carbocycles. The molecule has 4 nitrogen and oxygen atoms in total. The number of hydrogen-bond donors (Lipinski definition) is 0. The van der Waals surface area contributed by atoms with Crippen molar-refractivity contribution in [2.24, 2.45) is 0 Å². The highest BCUT2D eigenvalue weighted by Gasteiger charge is 2.45. The molecule has 0 saturated carbocycles. The van der Waals surface area contributed by atoms with E-state index in [-0.39, 0.29) is 35.3 Å². The lowest BCUT2D eigenvalue weighted by Gasteiger charge is -2.45. The molecule has 0 radical (unpaired) electrons. The molecule has 0 fully saturated rings. The van der Waals surface area contributed by atoms with Crippen LogP contribution in [0.15, 0.2) is 229 Å². The summed E-state index contributed by atoms with van der Waals surface area (Å²) in [5, 5.41) is 2.08. The van der Waals surface area contributed by atoms with Gasteiger partial charge >= 0.3 is 0 Å². The maximum atomic E-state index is 9.33. The molecule has 1 aromatic heterocycles.